The van der Waals surface area contributed by atoms with E-state index in [0.29, 0.717) is 6.54 Å². The van der Waals surface area contributed by atoms with Crippen LogP contribution in [0.3, 0.4) is 0 Å². The fraction of sp³-hybridized carbons (Fsp3) is 0.280. The summed E-state index contributed by atoms with van der Waals surface area (Å²) < 4.78 is 6.78. The Kier molecular flexibility index (Phi) is 5.90. The molecule has 1 atom stereocenters. The number of rotatable bonds is 5. The van der Waals surface area contributed by atoms with Gasteiger partial charge in [-0.15, -0.1) is 0 Å². The molecular formula is C25H25N3O4. The molecule has 1 aliphatic heterocycles. The highest BCUT2D eigenvalue weighted by molar-refractivity contribution is 5.96. The Morgan fingerprint density at radius 3 is 2.06 bits per heavy atom. The van der Waals surface area contributed by atoms with Crippen molar-refractivity contribution in [3.63, 3.8) is 0 Å². The Labute approximate surface area is 186 Å². The molecule has 0 N–H and O–H groups in total. The lowest BCUT2D eigenvalue weighted by Gasteiger charge is -2.41. The molecule has 0 radical (unpaired) electrons. The second-order valence-corrected chi connectivity index (χ2v) is 8.14. The van der Waals surface area contributed by atoms with Gasteiger partial charge in [0.2, 0.25) is 11.2 Å². The quantitative estimate of drug-likeness (QED) is 0.579. The molecule has 1 aromatic heterocycles. The van der Waals surface area contributed by atoms with Crippen LogP contribution < -0.4 is 10.2 Å². The molecule has 2 aromatic carbocycles. The Hall–Kier alpha value is -3.74. The van der Waals surface area contributed by atoms with E-state index >= 15 is 0 Å². The van der Waals surface area contributed by atoms with E-state index in [-0.39, 0.29) is 35.4 Å². The highest BCUT2D eigenvalue weighted by atomic mass is 16.5. The average Bonchev–Trinajstić information content (AvgIpc) is 2.78. The standard InChI is InChI=1S/C25H25N3O4/c1-16(2)27-15-20(22(18-10-6-4-7-11-18)19-12-8-5-9-13-19)28-23(25(27)31)24(32-17(3)29)21(30)14-26-28/h4-14,16,20,22H,15H2,1-3H3/t20-/m1/s1. The van der Waals surface area contributed by atoms with Crippen LogP contribution in [0.15, 0.2) is 71.7 Å². The second kappa shape index (κ2) is 8.78. The van der Waals surface area contributed by atoms with Crippen molar-refractivity contribution in [1.29, 1.82) is 0 Å². The van der Waals surface area contributed by atoms with Crippen LogP contribution in [-0.4, -0.2) is 39.1 Å². The summed E-state index contributed by atoms with van der Waals surface area (Å²) in [5.41, 5.74) is 1.53. The molecule has 0 aliphatic carbocycles. The van der Waals surface area contributed by atoms with Crippen LogP contribution in [0.25, 0.3) is 0 Å². The lowest BCUT2D eigenvalue weighted by Crippen LogP contribution is -2.50. The molecule has 4 rings (SSSR count). The van der Waals surface area contributed by atoms with E-state index in [0.717, 1.165) is 17.3 Å². The van der Waals surface area contributed by atoms with Crippen LogP contribution in [-0.2, 0) is 4.79 Å². The molecule has 7 nitrogen and oxygen atoms in total. The molecule has 0 saturated carbocycles. The summed E-state index contributed by atoms with van der Waals surface area (Å²) in [5, 5.41) is 4.35. The van der Waals surface area contributed by atoms with Crippen LogP contribution in [0.1, 0.15) is 54.3 Å². The number of amides is 1. The van der Waals surface area contributed by atoms with E-state index in [1.165, 1.54) is 6.92 Å². The van der Waals surface area contributed by atoms with Gasteiger partial charge in [0.05, 0.1) is 12.2 Å². The fourth-order valence-corrected chi connectivity index (χ4v) is 4.29. The van der Waals surface area contributed by atoms with Crippen LogP contribution in [0.4, 0.5) is 0 Å². The third-order valence-corrected chi connectivity index (χ3v) is 5.70. The number of nitrogens with zero attached hydrogens (tertiary/aromatic N) is 3. The van der Waals surface area contributed by atoms with Gasteiger partial charge in [0.25, 0.3) is 5.91 Å². The first kappa shape index (κ1) is 21.5. The minimum absolute atomic E-state index is 0.00881. The van der Waals surface area contributed by atoms with Crippen molar-refractivity contribution in [1.82, 2.24) is 14.7 Å². The van der Waals surface area contributed by atoms with Crippen LogP contribution in [0, 0.1) is 0 Å². The van der Waals surface area contributed by atoms with E-state index < -0.39 is 11.4 Å². The number of aromatic nitrogens is 2. The fourth-order valence-electron chi connectivity index (χ4n) is 4.29. The zero-order chi connectivity index (χ0) is 22.8. The van der Waals surface area contributed by atoms with Gasteiger partial charge >= 0.3 is 5.97 Å². The van der Waals surface area contributed by atoms with Crippen molar-refractivity contribution < 1.29 is 14.3 Å². The molecular weight excluding hydrogens is 406 g/mol. The smallest absolute Gasteiger partial charge is 0.308 e. The number of carbonyl (C=O) groups excluding carboxylic acids is 2. The van der Waals surface area contributed by atoms with Gasteiger partial charge in [-0.3, -0.25) is 19.1 Å². The summed E-state index contributed by atoms with van der Waals surface area (Å²) in [7, 11) is 0. The topological polar surface area (TPSA) is 81.5 Å². The molecule has 0 spiro atoms. The van der Waals surface area contributed by atoms with Crippen LogP contribution in [0.2, 0.25) is 0 Å². The summed E-state index contributed by atoms with van der Waals surface area (Å²) in [5.74, 6) is -1.46. The Bertz CT molecular complexity index is 1150. The van der Waals surface area contributed by atoms with Gasteiger partial charge in [0.15, 0.2) is 5.69 Å². The van der Waals surface area contributed by atoms with Crippen molar-refractivity contribution in [2.75, 3.05) is 6.54 Å². The number of hydrogen-bond acceptors (Lipinski definition) is 5. The molecule has 7 heteroatoms. The van der Waals surface area contributed by atoms with Crippen LogP contribution >= 0.6 is 0 Å². The number of esters is 1. The summed E-state index contributed by atoms with van der Waals surface area (Å²) in [4.78, 5) is 39.3. The predicted octanol–water partition coefficient (Wildman–Crippen LogP) is 3.41. The molecule has 0 fully saturated rings. The van der Waals surface area contributed by atoms with Crippen molar-refractivity contribution >= 4 is 11.9 Å². The van der Waals surface area contributed by atoms with E-state index in [4.69, 9.17) is 4.74 Å². The first-order chi connectivity index (χ1) is 15.4. The molecule has 164 valence electrons. The number of fused-ring (bicyclic) bond motifs is 1. The van der Waals surface area contributed by atoms with Gasteiger partial charge in [-0.1, -0.05) is 60.7 Å². The van der Waals surface area contributed by atoms with Gasteiger partial charge in [-0.25, -0.2) is 0 Å². The van der Waals surface area contributed by atoms with Crippen LogP contribution in [0.5, 0.6) is 5.75 Å². The molecule has 0 bridgehead atoms. The third kappa shape index (κ3) is 3.93. The van der Waals surface area contributed by atoms with Crippen molar-refractivity contribution in [2.45, 2.75) is 38.8 Å². The minimum atomic E-state index is -0.662. The monoisotopic (exact) mass is 431 g/mol. The molecule has 0 saturated heterocycles. The molecule has 1 aliphatic rings. The summed E-state index contributed by atoms with van der Waals surface area (Å²) in [6.45, 7) is 5.45. The number of hydrogen-bond donors (Lipinski definition) is 0. The summed E-state index contributed by atoms with van der Waals surface area (Å²) in [6, 6.07) is 19.6. The van der Waals surface area contributed by atoms with Crippen molar-refractivity contribution in [3.8, 4) is 5.75 Å². The first-order valence-corrected chi connectivity index (χ1v) is 10.6. The van der Waals surface area contributed by atoms with E-state index in [9.17, 15) is 14.4 Å². The second-order valence-electron chi connectivity index (χ2n) is 8.14. The summed E-state index contributed by atoms with van der Waals surface area (Å²) >= 11 is 0. The molecule has 32 heavy (non-hydrogen) atoms. The number of benzene rings is 2. The Morgan fingerprint density at radius 2 is 1.56 bits per heavy atom. The largest absolute Gasteiger partial charge is 0.420 e. The van der Waals surface area contributed by atoms with Gasteiger partial charge in [0.1, 0.15) is 0 Å². The SMILES string of the molecule is CC(=O)Oc1c2n(ncc1=O)[C@@H](C(c1ccccc1)c1ccccc1)CN(C(C)C)C2=O. The molecule has 0 unspecified atom stereocenters. The number of ether oxygens (including phenoxy) is 1. The van der Waals surface area contributed by atoms with E-state index in [2.05, 4.69) is 5.10 Å². The van der Waals surface area contributed by atoms with Crippen molar-refractivity contribution in [2.24, 2.45) is 0 Å². The maximum atomic E-state index is 13.4. The van der Waals surface area contributed by atoms with Gasteiger partial charge in [-0.2, -0.15) is 5.10 Å². The maximum Gasteiger partial charge on any atom is 0.308 e. The van der Waals surface area contributed by atoms with E-state index in [1.54, 1.807) is 9.58 Å². The first-order valence-electron chi connectivity index (χ1n) is 10.6. The van der Waals surface area contributed by atoms with E-state index in [1.807, 2.05) is 74.5 Å². The highest BCUT2D eigenvalue weighted by Crippen LogP contribution is 2.39. The third-order valence-electron chi connectivity index (χ3n) is 5.70. The maximum absolute atomic E-state index is 13.4. The normalized spacial score (nSPS) is 15.7. The molecule has 2 heterocycles. The zero-order valence-corrected chi connectivity index (χ0v) is 18.3. The minimum Gasteiger partial charge on any atom is -0.420 e. The van der Waals surface area contributed by atoms with Crippen molar-refractivity contribution in [3.05, 3.63) is 93.9 Å². The zero-order valence-electron chi connectivity index (χ0n) is 18.3. The van der Waals surface area contributed by atoms with Gasteiger partial charge in [0, 0.05) is 25.4 Å². The highest BCUT2D eigenvalue weighted by Gasteiger charge is 2.41. The lowest BCUT2D eigenvalue weighted by molar-refractivity contribution is -0.132. The molecule has 3 aromatic rings. The van der Waals surface area contributed by atoms with Gasteiger partial charge in [-0.05, 0) is 25.0 Å². The Morgan fingerprint density at radius 1 is 1.00 bits per heavy atom. The lowest BCUT2D eigenvalue weighted by atomic mass is 9.83. The molecule has 1 amide bonds. The Balaban J connectivity index is 1.97. The predicted molar refractivity (Wildman–Crippen MR) is 120 cm³/mol. The average molecular weight is 431 g/mol. The summed E-state index contributed by atoms with van der Waals surface area (Å²) in [6.07, 6.45) is 1.11. The number of carbonyl (C=O) groups is 2. The van der Waals surface area contributed by atoms with Gasteiger partial charge < -0.3 is 9.64 Å².